The molecule has 1 aromatic carbocycles. The fourth-order valence-corrected chi connectivity index (χ4v) is 3.57. The summed E-state index contributed by atoms with van der Waals surface area (Å²) in [6.45, 7) is 5.80. The summed E-state index contributed by atoms with van der Waals surface area (Å²) in [6.07, 6.45) is 1.52. The van der Waals surface area contributed by atoms with E-state index in [1.165, 1.54) is 10.6 Å². The van der Waals surface area contributed by atoms with Crippen LogP contribution in [-0.4, -0.2) is 33.1 Å². The number of para-hydroxylation sites is 1. The molecule has 3 aromatic rings. The molecule has 0 saturated heterocycles. The molecule has 29 heavy (non-hydrogen) atoms. The largest absolute Gasteiger partial charge is 0.506 e. The lowest BCUT2D eigenvalue weighted by molar-refractivity contribution is -0.142. The number of ether oxygens (including phenoxy) is 1. The van der Waals surface area contributed by atoms with Crippen LogP contribution >= 0.6 is 11.3 Å². The fourth-order valence-electron chi connectivity index (χ4n) is 2.87. The number of aromatic nitrogens is 2. The first-order chi connectivity index (χ1) is 14.0. The topological polar surface area (TPSA) is 111 Å². The van der Waals surface area contributed by atoms with Crippen LogP contribution in [0.25, 0.3) is 10.9 Å². The number of pyridine rings is 1. The molecule has 0 aliphatic rings. The number of esters is 1. The van der Waals surface area contributed by atoms with Gasteiger partial charge < -0.3 is 14.4 Å². The Kier molecular flexibility index (Phi) is 6.08. The minimum absolute atomic E-state index is 0.0203. The van der Waals surface area contributed by atoms with Crippen molar-refractivity contribution in [2.45, 2.75) is 19.9 Å². The number of carbonyl (C=O) groups excluding carboxylic acids is 2. The molecule has 0 aliphatic heterocycles. The van der Waals surface area contributed by atoms with Crippen LogP contribution in [0.2, 0.25) is 0 Å². The number of fused-ring (bicyclic) bond motifs is 1. The summed E-state index contributed by atoms with van der Waals surface area (Å²) in [4.78, 5) is 41.3. The van der Waals surface area contributed by atoms with Crippen LogP contribution in [0.5, 0.6) is 5.75 Å². The van der Waals surface area contributed by atoms with Crippen molar-refractivity contribution in [3.8, 4) is 5.75 Å². The van der Waals surface area contributed by atoms with Gasteiger partial charge in [-0.05, 0) is 19.1 Å². The van der Waals surface area contributed by atoms with Gasteiger partial charge in [-0.1, -0.05) is 18.2 Å². The lowest BCUT2D eigenvalue weighted by atomic mass is 10.1. The van der Waals surface area contributed by atoms with Crippen LogP contribution < -0.4 is 10.9 Å². The van der Waals surface area contributed by atoms with E-state index in [9.17, 15) is 19.5 Å². The van der Waals surface area contributed by atoms with E-state index in [0.29, 0.717) is 16.6 Å². The average Bonchev–Trinajstić information content (AvgIpc) is 3.12. The molecular formula is C20H19N3O5S. The third-order valence-corrected chi connectivity index (χ3v) is 4.89. The van der Waals surface area contributed by atoms with E-state index < -0.39 is 23.2 Å². The number of allylic oxidation sites excluding steroid dienone is 1. The molecule has 0 unspecified atom stereocenters. The smallest absolute Gasteiger partial charge is 0.311 e. The molecule has 2 aromatic heterocycles. The van der Waals surface area contributed by atoms with E-state index in [1.54, 1.807) is 36.6 Å². The summed E-state index contributed by atoms with van der Waals surface area (Å²) >= 11 is 1.10. The maximum atomic E-state index is 12.9. The highest BCUT2D eigenvalue weighted by Gasteiger charge is 2.23. The van der Waals surface area contributed by atoms with Crippen molar-refractivity contribution < 1.29 is 19.4 Å². The number of anilines is 1. The second kappa shape index (κ2) is 8.70. The number of hydrogen-bond donors (Lipinski definition) is 2. The van der Waals surface area contributed by atoms with Crippen LogP contribution in [-0.2, 0) is 22.5 Å². The van der Waals surface area contributed by atoms with E-state index in [0.717, 1.165) is 11.3 Å². The molecule has 0 aliphatic carbocycles. The lowest BCUT2D eigenvalue weighted by Gasteiger charge is -2.13. The van der Waals surface area contributed by atoms with E-state index in [1.807, 2.05) is 0 Å². The van der Waals surface area contributed by atoms with Crippen LogP contribution in [0.15, 0.2) is 47.1 Å². The summed E-state index contributed by atoms with van der Waals surface area (Å²) in [5.74, 6) is -1.60. The minimum Gasteiger partial charge on any atom is -0.506 e. The quantitative estimate of drug-likeness (QED) is 0.455. The molecule has 0 atom stereocenters. The Balaban J connectivity index is 1.94. The normalized spacial score (nSPS) is 10.7. The number of amides is 1. The first-order valence-electron chi connectivity index (χ1n) is 8.83. The van der Waals surface area contributed by atoms with Crippen LogP contribution in [0, 0.1) is 0 Å². The SMILES string of the molecule is C=CCn1c(=O)c(C(=O)Nc2nc(CC(=O)OCC)cs2)c(O)c2ccccc21. The minimum atomic E-state index is -0.784. The van der Waals surface area contributed by atoms with Gasteiger partial charge in [0.05, 0.1) is 24.2 Å². The molecule has 9 heteroatoms. The third-order valence-electron chi connectivity index (χ3n) is 4.09. The van der Waals surface area contributed by atoms with Crippen LogP contribution in [0.3, 0.4) is 0 Å². The Morgan fingerprint density at radius 1 is 1.38 bits per heavy atom. The predicted molar refractivity (Wildman–Crippen MR) is 110 cm³/mol. The molecule has 150 valence electrons. The molecule has 2 heterocycles. The van der Waals surface area contributed by atoms with E-state index in [4.69, 9.17) is 4.74 Å². The van der Waals surface area contributed by atoms with Gasteiger partial charge >= 0.3 is 5.97 Å². The molecule has 3 rings (SSSR count). The van der Waals surface area contributed by atoms with Gasteiger partial charge in [0.1, 0.15) is 11.3 Å². The van der Waals surface area contributed by atoms with Gasteiger partial charge in [0, 0.05) is 17.3 Å². The Morgan fingerprint density at radius 3 is 2.86 bits per heavy atom. The molecule has 8 nitrogen and oxygen atoms in total. The number of rotatable bonds is 7. The molecule has 0 spiro atoms. The van der Waals surface area contributed by atoms with Crippen molar-refractivity contribution in [3.63, 3.8) is 0 Å². The zero-order valence-corrected chi connectivity index (χ0v) is 16.5. The van der Waals surface area contributed by atoms with Crippen molar-refractivity contribution in [1.29, 1.82) is 0 Å². The average molecular weight is 413 g/mol. The summed E-state index contributed by atoms with van der Waals surface area (Å²) < 4.78 is 6.23. The standard InChI is InChI=1S/C20H19N3O5S/c1-3-9-23-14-8-6-5-7-13(14)17(25)16(19(23)27)18(26)22-20-21-12(11-29-20)10-15(24)28-4-2/h3,5-8,11,25H,1,4,9-10H2,2H3,(H,21,22,26). The molecule has 2 N–H and O–H groups in total. The highest BCUT2D eigenvalue weighted by Crippen LogP contribution is 2.27. The Hall–Kier alpha value is -3.46. The fraction of sp³-hybridized carbons (Fsp3) is 0.200. The summed E-state index contributed by atoms with van der Waals surface area (Å²) in [7, 11) is 0. The monoisotopic (exact) mass is 413 g/mol. The Labute approximate surface area is 170 Å². The van der Waals surface area contributed by atoms with Crippen LogP contribution in [0.1, 0.15) is 23.0 Å². The number of benzene rings is 1. The van der Waals surface area contributed by atoms with Crippen molar-refractivity contribution in [2.75, 3.05) is 11.9 Å². The van der Waals surface area contributed by atoms with Crippen LogP contribution in [0.4, 0.5) is 5.13 Å². The molecular weight excluding hydrogens is 394 g/mol. The van der Waals surface area contributed by atoms with Crippen molar-refractivity contribution in [1.82, 2.24) is 9.55 Å². The van der Waals surface area contributed by atoms with E-state index in [2.05, 4.69) is 16.9 Å². The number of nitrogens with one attached hydrogen (secondary N) is 1. The number of thiazole rings is 1. The maximum absolute atomic E-state index is 12.9. The lowest BCUT2D eigenvalue weighted by Crippen LogP contribution is -2.29. The Morgan fingerprint density at radius 2 is 2.14 bits per heavy atom. The first kappa shape index (κ1) is 20.3. The maximum Gasteiger partial charge on any atom is 0.311 e. The molecule has 1 amide bonds. The summed E-state index contributed by atoms with van der Waals surface area (Å²) in [5, 5.41) is 15.3. The summed E-state index contributed by atoms with van der Waals surface area (Å²) in [5.41, 5.74) is -0.0810. The highest BCUT2D eigenvalue weighted by molar-refractivity contribution is 7.14. The zero-order valence-electron chi connectivity index (χ0n) is 15.7. The Bertz CT molecular complexity index is 1150. The van der Waals surface area contributed by atoms with Gasteiger partial charge in [-0.25, -0.2) is 4.98 Å². The first-order valence-corrected chi connectivity index (χ1v) is 9.71. The second-order valence-corrected chi connectivity index (χ2v) is 6.88. The number of aromatic hydroxyl groups is 1. The van der Waals surface area contributed by atoms with Gasteiger partial charge in [0.2, 0.25) is 0 Å². The molecule has 0 radical (unpaired) electrons. The summed E-state index contributed by atoms with van der Waals surface area (Å²) in [6, 6.07) is 6.75. The second-order valence-electron chi connectivity index (χ2n) is 6.03. The number of hydrogen-bond acceptors (Lipinski definition) is 7. The predicted octanol–water partition coefficient (Wildman–Crippen LogP) is 2.71. The van der Waals surface area contributed by atoms with Gasteiger partial charge in [-0.3, -0.25) is 19.7 Å². The van der Waals surface area contributed by atoms with Gasteiger partial charge in [0.15, 0.2) is 5.13 Å². The van der Waals surface area contributed by atoms with Crippen molar-refractivity contribution in [3.05, 3.63) is 63.9 Å². The highest BCUT2D eigenvalue weighted by atomic mass is 32.1. The van der Waals surface area contributed by atoms with Gasteiger partial charge in [-0.2, -0.15) is 0 Å². The molecule has 0 saturated carbocycles. The third kappa shape index (κ3) is 4.19. The number of nitrogens with zero attached hydrogens (tertiary/aromatic N) is 2. The van der Waals surface area contributed by atoms with Crippen molar-refractivity contribution in [2.24, 2.45) is 0 Å². The molecule has 0 bridgehead atoms. The molecule has 0 fully saturated rings. The van der Waals surface area contributed by atoms with Crippen molar-refractivity contribution >= 4 is 39.2 Å². The van der Waals surface area contributed by atoms with E-state index >= 15 is 0 Å². The van der Waals surface area contributed by atoms with E-state index in [-0.39, 0.29) is 30.3 Å². The van der Waals surface area contributed by atoms with Gasteiger partial charge in [0.25, 0.3) is 11.5 Å². The van der Waals surface area contributed by atoms with Gasteiger partial charge in [-0.15, -0.1) is 17.9 Å². The zero-order chi connectivity index (χ0) is 21.0. The number of carbonyl (C=O) groups is 2.